The number of aromatic nitrogens is 1. The van der Waals surface area contributed by atoms with Crippen LogP contribution in [0.3, 0.4) is 0 Å². The van der Waals surface area contributed by atoms with Gasteiger partial charge in [0, 0.05) is 17.5 Å². The zero-order valence-corrected chi connectivity index (χ0v) is 9.57. The van der Waals surface area contributed by atoms with Crippen LogP contribution in [-0.4, -0.2) is 4.98 Å². The summed E-state index contributed by atoms with van der Waals surface area (Å²) in [6.07, 6.45) is 1.82. The molecule has 2 aromatic rings. The van der Waals surface area contributed by atoms with E-state index in [0.29, 0.717) is 0 Å². The fourth-order valence-corrected chi connectivity index (χ4v) is 1.41. The average molecular weight is 199 g/mol. The number of hydrogen-bond donors (Lipinski definition) is 0. The van der Waals surface area contributed by atoms with Gasteiger partial charge >= 0.3 is 0 Å². The smallest absolute Gasteiger partial charge is 0.0450 e. The second-order valence-corrected chi connectivity index (χ2v) is 3.00. The molecule has 1 heterocycles. The molecule has 0 aliphatic carbocycles. The molecule has 1 nitrogen and oxygen atoms in total. The van der Waals surface area contributed by atoms with Crippen molar-refractivity contribution in [2.45, 2.75) is 20.8 Å². The van der Waals surface area contributed by atoms with Crippen LogP contribution in [0, 0.1) is 6.92 Å². The third kappa shape index (κ3) is 2.91. The first-order valence-electron chi connectivity index (χ1n) is 5.35. The minimum atomic E-state index is 1.08. The molecular formula is C14H17N. The van der Waals surface area contributed by atoms with Crippen molar-refractivity contribution in [2.24, 2.45) is 0 Å². The van der Waals surface area contributed by atoms with Crippen molar-refractivity contribution >= 4 is 0 Å². The summed E-state index contributed by atoms with van der Waals surface area (Å²) >= 11 is 0. The molecule has 0 radical (unpaired) electrons. The summed E-state index contributed by atoms with van der Waals surface area (Å²) in [5.41, 5.74) is 3.52. The Morgan fingerprint density at radius 2 is 1.53 bits per heavy atom. The molecule has 0 spiro atoms. The topological polar surface area (TPSA) is 12.9 Å². The van der Waals surface area contributed by atoms with E-state index in [1.807, 2.05) is 51.2 Å². The normalized spacial score (nSPS) is 9.00. The second kappa shape index (κ2) is 5.97. The van der Waals surface area contributed by atoms with E-state index in [4.69, 9.17) is 0 Å². The maximum Gasteiger partial charge on any atom is 0.0450 e. The minimum Gasteiger partial charge on any atom is -0.261 e. The van der Waals surface area contributed by atoms with Gasteiger partial charge in [-0.25, -0.2) is 0 Å². The molecule has 1 aromatic carbocycles. The molecule has 0 bridgehead atoms. The zero-order valence-electron chi connectivity index (χ0n) is 9.57. The first kappa shape index (κ1) is 11.4. The summed E-state index contributed by atoms with van der Waals surface area (Å²) in [6, 6.07) is 14.4. The van der Waals surface area contributed by atoms with Crippen LogP contribution in [-0.2, 0) is 0 Å². The average Bonchev–Trinajstić information content (AvgIpc) is 2.33. The van der Waals surface area contributed by atoms with Crippen LogP contribution in [0.25, 0.3) is 11.1 Å². The number of nitrogens with zero attached hydrogens (tertiary/aromatic N) is 1. The molecule has 78 valence electrons. The Morgan fingerprint density at radius 3 is 2.13 bits per heavy atom. The van der Waals surface area contributed by atoms with E-state index in [1.165, 1.54) is 11.1 Å². The molecule has 0 atom stereocenters. The highest BCUT2D eigenvalue weighted by Crippen LogP contribution is 2.20. The maximum atomic E-state index is 4.26. The van der Waals surface area contributed by atoms with Gasteiger partial charge in [0.1, 0.15) is 0 Å². The summed E-state index contributed by atoms with van der Waals surface area (Å²) in [5, 5.41) is 0. The summed E-state index contributed by atoms with van der Waals surface area (Å²) < 4.78 is 0. The number of benzene rings is 1. The Bertz CT molecular complexity index is 393. The van der Waals surface area contributed by atoms with Gasteiger partial charge < -0.3 is 0 Å². The van der Waals surface area contributed by atoms with E-state index < -0.39 is 0 Å². The Kier molecular flexibility index (Phi) is 4.55. The predicted octanol–water partition coefficient (Wildman–Crippen LogP) is 4.08. The Hall–Kier alpha value is -1.63. The molecule has 1 aromatic heterocycles. The highest BCUT2D eigenvalue weighted by atomic mass is 14.7. The third-order valence-corrected chi connectivity index (χ3v) is 2.09. The molecule has 0 fully saturated rings. The van der Waals surface area contributed by atoms with Gasteiger partial charge in [-0.05, 0) is 18.6 Å². The number of hydrogen-bond acceptors (Lipinski definition) is 1. The Labute approximate surface area is 91.8 Å². The van der Waals surface area contributed by atoms with Gasteiger partial charge in [-0.3, -0.25) is 4.98 Å². The van der Waals surface area contributed by atoms with Crippen molar-refractivity contribution in [1.82, 2.24) is 4.98 Å². The first-order chi connectivity index (χ1) is 7.38. The van der Waals surface area contributed by atoms with Crippen molar-refractivity contribution in [1.29, 1.82) is 0 Å². The molecular weight excluding hydrogens is 182 g/mol. The number of pyridine rings is 1. The van der Waals surface area contributed by atoms with Crippen molar-refractivity contribution in [3.63, 3.8) is 0 Å². The van der Waals surface area contributed by atoms with E-state index in [-0.39, 0.29) is 0 Å². The second-order valence-electron chi connectivity index (χ2n) is 3.00. The van der Waals surface area contributed by atoms with Crippen molar-refractivity contribution in [3.8, 4) is 11.1 Å². The Balaban J connectivity index is 0.000000531. The molecule has 0 saturated carbocycles. The summed E-state index contributed by atoms with van der Waals surface area (Å²) in [7, 11) is 0. The monoisotopic (exact) mass is 199 g/mol. The molecule has 0 N–H and O–H groups in total. The van der Waals surface area contributed by atoms with Crippen LogP contribution in [0.1, 0.15) is 19.5 Å². The SMILES string of the molecule is CC.Cc1ncccc1-c1ccccc1. The van der Waals surface area contributed by atoms with Gasteiger partial charge in [0.2, 0.25) is 0 Å². The van der Waals surface area contributed by atoms with Crippen LogP contribution >= 0.6 is 0 Å². The van der Waals surface area contributed by atoms with Gasteiger partial charge in [-0.15, -0.1) is 0 Å². The van der Waals surface area contributed by atoms with Crippen LogP contribution in [0.2, 0.25) is 0 Å². The maximum absolute atomic E-state index is 4.26. The van der Waals surface area contributed by atoms with E-state index in [1.54, 1.807) is 0 Å². The van der Waals surface area contributed by atoms with Crippen LogP contribution in [0.4, 0.5) is 0 Å². The summed E-state index contributed by atoms with van der Waals surface area (Å²) in [5.74, 6) is 0. The molecule has 0 amide bonds. The van der Waals surface area contributed by atoms with Gasteiger partial charge in [0.05, 0.1) is 0 Å². The highest BCUT2D eigenvalue weighted by Gasteiger charge is 1.99. The van der Waals surface area contributed by atoms with E-state index >= 15 is 0 Å². The van der Waals surface area contributed by atoms with Gasteiger partial charge in [0.25, 0.3) is 0 Å². The van der Waals surface area contributed by atoms with Crippen molar-refractivity contribution < 1.29 is 0 Å². The highest BCUT2D eigenvalue weighted by molar-refractivity contribution is 5.65. The Morgan fingerprint density at radius 1 is 0.867 bits per heavy atom. The molecule has 0 aliphatic rings. The van der Waals surface area contributed by atoms with Crippen molar-refractivity contribution in [3.05, 3.63) is 54.4 Å². The quantitative estimate of drug-likeness (QED) is 0.674. The zero-order chi connectivity index (χ0) is 11.1. The summed E-state index contributed by atoms with van der Waals surface area (Å²) in [6.45, 7) is 6.03. The van der Waals surface area contributed by atoms with Gasteiger partial charge in [-0.1, -0.05) is 50.2 Å². The van der Waals surface area contributed by atoms with Crippen LogP contribution in [0.15, 0.2) is 48.7 Å². The lowest BCUT2D eigenvalue weighted by molar-refractivity contribution is 1.20. The van der Waals surface area contributed by atoms with Crippen LogP contribution < -0.4 is 0 Å². The van der Waals surface area contributed by atoms with E-state index in [0.717, 1.165) is 5.69 Å². The lowest BCUT2D eigenvalue weighted by Gasteiger charge is -2.03. The first-order valence-corrected chi connectivity index (χ1v) is 5.35. The number of aryl methyl sites for hydroxylation is 1. The van der Waals surface area contributed by atoms with Gasteiger partial charge in [0.15, 0.2) is 0 Å². The van der Waals surface area contributed by atoms with E-state index in [9.17, 15) is 0 Å². The summed E-state index contributed by atoms with van der Waals surface area (Å²) in [4.78, 5) is 4.26. The minimum absolute atomic E-state index is 1.08. The molecule has 0 saturated heterocycles. The standard InChI is InChI=1S/C12H11N.C2H6/c1-10-12(8-5-9-13-10)11-6-3-2-4-7-11;1-2/h2-9H,1H3;1-2H3. The lowest BCUT2D eigenvalue weighted by atomic mass is 10.1. The fourth-order valence-electron chi connectivity index (χ4n) is 1.41. The van der Waals surface area contributed by atoms with E-state index in [2.05, 4.69) is 23.2 Å². The third-order valence-electron chi connectivity index (χ3n) is 2.09. The predicted molar refractivity (Wildman–Crippen MR) is 65.8 cm³/mol. The fraction of sp³-hybridized carbons (Fsp3) is 0.214. The molecule has 1 heteroatoms. The van der Waals surface area contributed by atoms with Crippen LogP contribution in [0.5, 0.6) is 0 Å². The molecule has 0 aliphatic heterocycles. The molecule has 2 rings (SSSR count). The molecule has 0 unspecified atom stereocenters. The number of rotatable bonds is 1. The largest absolute Gasteiger partial charge is 0.261 e. The van der Waals surface area contributed by atoms with Crippen molar-refractivity contribution in [2.75, 3.05) is 0 Å². The lowest BCUT2D eigenvalue weighted by Crippen LogP contribution is -1.85. The van der Waals surface area contributed by atoms with Gasteiger partial charge in [-0.2, -0.15) is 0 Å². The molecule has 15 heavy (non-hydrogen) atoms.